The van der Waals surface area contributed by atoms with Gasteiger partial charge in [0.2, 0.25) is 10.0 Å². The first-order chi connectivity index (χ1) is 17.8. The van der Waals surface area contributed by atoms with E-state index in [2.05, 4.69) is 9.71 Å². The molecule has 10 heteroatoms. The first-order valence-electron chi connectivity index (χ1n) is 12.1. The van der Waals surface area contributed by atoms with Crippen LogP contribution in [0, 0.1) is 0 Å². The third kappa shape index (κ3) is 4.59. The average molecular weight is 519 g/mol. The molecule has 5 rings (SSSR count). The summed E-state index contributed by atoms with van der Waals surface area (Å²) in [6.45, 7) is 3.23. The fraction of sp³-hybridized carbons (Fsp3) is 0.259. The second kappa shape index (κ2) is 9.97. The number of hydrogen-bond donors (Lipinski definition) is 2. The van der Waals surface area contributed by atoms with Crippen LogP contribution in [0.2, 0.25) is 0 Å². The Morgan fingerprint density at radius 3 is 2.49 bits per heavy atom. The summed E-state index contributed by atoms with van der Waals surface area (Å²) in [6, 6.07) is 18.7. The minimum Gasteiger partial charge on any atom is -0.382 e. The number of hydrogen-bond acceptors (Lipinski definition) is 7. The number of anilines is 2. The van der Waals surface area contributed by atoms with E-state index >= 15 is 0 Å². The number of sulfonamides is 1. The van der Waals surface area contributed by atoms with Crippen LogP contribution in [0.1, 0.15) is 12.7 Å². The van der Waals surface area contributed by atoms with Crippen molar-refractivity contribution in [2.75, 3.05) is 37.9 Å². The summed E-state index contributed by atoms with van der Waals surface area (Å²) in [7, 11) is 0.0930. The number of fused-ring (bicyclic) bond motifs is 4. The molecule has 0 spiro atoms. The van der Waals surface area contributed by atoms with Crippen LogP contribution in [0.3, 0.4) is 0 Å². The summed E-state index contributed by atoms with van der Waals surface area (Å²) in [4.78, 5) is 11.4. The van der Waals surface area contributed by atoms with E-state index in [4.69, 9.17) is 15.5 Å². The van der Waals surface area contributed by atoms with Gasteiger partial charge >= 0.3 is 0 Å². The lowest BCUT2D eigenvalue weighted by atomic mass is 10.1. The molecule has 0 aliphatic rings. The van der Waals surface area contributed by atoms with Crippen LogP contribution in [-0.2, 0) is 27.9 Å². The van der Waals surface area contributed by atoms with Crippen molar-refractivity contribution in [3.8, 4) is 0 Å². The van der Waals surface area contributed by atoms with Gasteiger partial charge in [-0.15, -0.1) is 0 Å². The zero-order chi connectivity index (χ0) is 26.2. The van der Waals surface area contributed by atoms with Gasteiger partial charge in [0.05, 0.1) is 15.9 Å². The van der Waals surface area contributed by atoms with E-state index in [1.807, 2.05) is 79.0 Å². The molecule has 0 aliphatic heterocycles. The van der Waals surface area contributed by atoms with Crippen LogP contribution < -0.4 is 15.4 Å². The molecule has 9 nitrogen and oxygen atoms in total. The quantitative estimate of drug-likeness (QED) is 0.304. The molecule has 0 saturated carbocycles. The zero-order valence-electron chi connectivity index (χ0n) is 21.1. The third-order valence-corrected chi connectivity index (χ3v) is 7.90. The smallest absolute Gasteiger partial charge is 0.241 e. The molecule has 0 atom stereocenters. The summed E-state index contributed by atoms with van der Waals surface area (Å²) in [5.41, 5.74) is 9.36. The Labute approximate surface area is 215 Å². The maximum atomic E-state index is 13.4. The Morgan fingerprint density at radius 1 is 0.973 bits per heavy atom. The van der Waals surface area contributed by atoms with Gasteiger partial charge in [0.1, 0.15) is 17.9 Å². The van der Waals surface area contributed by atoms with Crippen molar-refractivity contribution in [2.24, 2.45) is 0 Å². The van der Waals surface area contributed by atoms with E-state index < -0.39 is 10.0 Å². The van der Waals surface area contributed by atoms with Crippen molar-refractivity contribution in [3.05, 3.63) is 66.5 Å². The zero-order valence-corrected chi connectivity index (χ0v) is 21.9. The third-order valence-electron chi connectivity index (χ3n) is 6.38. The first-order valence-corrected chi connectivity index (χ1v) is 13.6. The minimum atomic E-state index is -3.79. The van der Waals surface area contributed by atoms with Crippen LogP contribution in [0.15, 0.2) is 65.6 Å². The molecule has 2 heterocycles. The van der Waals surface area contributed by atoms with Crippen molar-refractivity contribution in [2.45, 2.75) is 25.0 Å². The number of nitrogens with one attached hydrogen (secondary N) is 1. The minimum absolute atomic E-state index is 0.160. The van der Waals surface area contributed by atoms with Gasteiger partial charge in [-0.05, 0) is 25.1 Å². The number of benzene rings is 3. The number of imidazole rings is 1. The fourth-order valence-electron chi connectivity index (χ4n) is 4.71. The standard InChI is InChI=1S/C27H30N6O3S/c1-4-36-17-24-31-25-26(20-9-5-6-12-21(20)30-27(25)28)33(24)16-15-29-37(34,35)23-14-8-10-18-19(23)11-7-13-22(18)32(2)3/h5-14,29H,4,15-17H2,1-3H3,(H2,28,30). The van der Waals surface area contributed by atoms with Crippen LogP contribution in [0.25, 0.3) is 32.7 Å². The summed E-state index contributed by atoms with van der Waals surface area (Å²) in [5, 5.41) is 2.45. The SMILES string of the molecule is CCOCc1nc2c(N)nc3ccccc3c2n1CCNS(=O)(=O)c1cccc2c(N(C)C)cccc12. The first kappa shape index (κ1) is 24.9. The number of aromatic nitrogens is 3. The Morgan fingerprint density at radius 2 is 1.70 bits per heavy atom. The van der Waals surface area contributed by atoms with Crippen LogP contribution in [0.5, 0.6) is 0 Å². The number of nitrogens with zero attached hydrogens (tertiary/aromatic N) is 4. The summed E-state index contributed by atoms with van der Waals surface area (Å²) < 4.78 is 37.3. The highest BCUT2D eigenvalue weighted by atomic mass is 32.2. The molecular weight excluding hydrogens is 488 g/mol. The highest BCUT2D eigenvalue weighted by Gasteiger charge is 2.20. The second-order valence-corrected chi connectivity index (χ2v) is 10.7. The van der Waals surface area contributed by atoms with Crippen LogP contribution in [0.4, 0.5) is 11.5 Å². The van der Waals surface area contributed by atoms with Gasteiger partial charge in [0.25, 0.3) is 0 Å². The van der Waals surface area contributed by atoms with Crippen molar-refractivity contribution in [1.29, 1.82) is 0 Å². The van der Waals surface area contributed by atoms with Gasteiger partial charge in [0.15, 0.2) is 5.82 Å². The van der Waals surface area contributed by atoms with E-state index in [1.165, 1.54) is 0 Å². The Hall–Kier alpha value is -3.73. The number of para-hydroxylation sites is 1. The monoisotopic (exact) mass is 518 g/mol. The molecule has 3 aromatic carbocycles. The van der Waals surface area contributed by atoms with Crippen molar-refractivity contribution < 1.29 is 13.2 Å². The number of nitrogens with two attached hydrogens (primary N) is 1. The maximum Gasteiger partial charge on any atom is 0.241 e. The summed E-state index contributed by atoms with van der Waals surface area (Å²) in [5.74, 6) is 1.000. The van der Waals surface area contributed by atoms with Crippen molar-refractivity contribution in [1.82, 2.24) is 19.3 Å². The number of nitrogen functional groups attached to an aromatic ring is 1. The number of ether oxygens (including phenoxy) is 1. The van der Waals surface area contributed by atoms with Gasteiger partial charge in [0, 0.05) is 55.6 Å². The molecule has 0 fully saturated rings. The van der Waals surface area contributed by atoms with Gasteiger partial charge in [-0.2, -0.15) is 0 Å². The van der Waals surface area contributed by atoms with Crippen LogP contribution >= 0.6 is 0 Å². The molecule has 5 aromatic rings. The van der Waals surface area contributed by atoms with Gasteiger partial charge < -0.3 is 19.9 Å². The topological polar surface area (TPSA) is 115 Å². The predicted octanol–water partition coefficient (Wildman–Crippen LogP) is 3.90. The largest absolute Gasteiger partial charge is 0.382 e. The molecule has 2 aromatic heterocycles. The average Bonchev–Trinajstić information content (AvgIpc) is 3.25. The fourth-order valence-corrected chi connectivity index (χ4v) is 5.95. The number of pyridine rings is 1. The molecule has 0 saturated heterocycles. The molecule has 0 bridgehead atoms. The molecule has 192 valence electrons. The molecule has 0 aliphatic carbocycles. The molecule has 3 N–H and O–H groups in total. The highest BCUT2D eigenvalue weighted by molar-refractivity contribution is 7.89. The lowest BCUT2D eigenvalue weighted by Gasteiger charge is -2.17. The Bertz CT molecular complexity index is 1710. The van der Waals surface area contributed by atoms with E-state index in [0.717, 1.165) is 27.5 Å². The van der Waals surface area contributed by atoms with E-state index in [-0.39, 0.29) is 18.0 Å². The van der Waals surface area contributed by atoms with E-state index in [1.54, 1.807) is 12.1 Å². The van der Waals surface area contributed by atoms with Gasteiger partial charge in [-0.1, -0.05) is 42.5 Å². The Balaban J connectivity index is 1.50. The van der Waals surface area contributed by atoms with Crippen LogP contribution in [-0.4, -0.2) is 50.2 Å². The molecule has 0 amide bonds. The second-order valence-electron chi connectivity index (χ2n) is 8.95. The lowest BCUT2D eigenvalue weighted by Crippen LogP contribution is -2.28. The molecule has 0 radical (unpaired) electrons. The Kier molecular flexibility index (Phi) is 6.72. The normalized spacial score (nSPS) is 12.1. The summed E-state index contributed by atoms with van der Waals surface area (Å²) in [6.07, 6.45) is 0. The van der Waals surface area contributed by atoms with Gasteiger partial charge in [-0.25, -0.2) is 23.1 Å². The molecule has 37 heavy (non-hydrogen) atoms. The maximum absolute atomic E-state index is 13.4. The predicted molar refractivity (Wildman–Crippen MR) is 148 cm³/mol. The molecule has 0 unspecified atom stereocenters. The van der Waals surface area contributed by atoms with E-state index in [9.17, 15) is 8.42 Å². The van der Waals surface area contributed by atoms with E-state index in [0.29, 0.717) is 35.7 Å². The highest BCUT2D eigenvalue weighted by Crippen LogP contribution is 2.31. The lowest BCUT2D eigenvalue weighted by molar-refractivity contribution is 0.126. The number of rotatable bonds is 9. The van der Waals surface area contributed by atoms with Crippen molar-refractivity contribution in [3.63, 3.8) is 0 Å². The molecular formula is C27H30N6O3S. The van der Waals surface area contributed by atoms with Gasteiger partial charge in [-0.3, -0.25) is 0 Å². The van der Waals surface area contributed by atoms with Crippen molar-refractivity contribution >= 4 is 54.2 Å². The summed E-state index contributed by atoms with van der Waals surface area (Å²) >= 11 is 0.